The van der Waals surface area contributed by atoms with E-state index in [1.807, 2.05) is 78.4 Å². The number of carbonyl (C=O) groups excluding carboxylic acids is 1. The monoisotopic (exact) mass is 342 g/mol. The summed E-state index contributed by atoms with van der Waals surface area (Å²) in [6, 6.07) is 20.9. The Kier molecular flexibility index (Phi) is 4.11. The Morgan fingerprint density at radius 1 is 0.962 bits per heavy atom. The molecule has 0 unspecified atom stereocenters. The smallest absolute Gasteiger partial charge is 0.255 e. The van der Waals surface area contributed by atoms with Crippen molar-refractivity contribution in [1.29, 1.82) is 0 Å². The molecule has 5 nitrogen and oxygen atoms in total. The van der Waals surface area contributed by atoms with Gasteiger partial charge in [-0.1, -0.05) is 30.3 Å². The van der Waals surface area contributed by atoms with Gasteiger partial charge in [-0.3, -0.25) is 9.20 Å². The number of benzene rings is 2. The molecule has 2 aromatic heterocycles. The predicted molar refractivity (Wildman–Crippen MR) is 105 cm³/mol. The van der Waals surface area contributed by atoms with E-state index in [9.17, 15) is 4.79 Å². The number of aromatic nitrogens is 2. The van der Waals surface area contributed by atoms with Crippen LogP contribution < -0.4 is 10.6 Å². The van der Waals surface area contributed by atoms with Crippen molar-refractivity contribution in [3.8, 4) is 11.3 Å². The van der Waals surface area contributed by atoms with E-state index in [1.165, 1.54) is 0 Å². The van der Waals surface area contributed by atoms with Crippen LogP contribution in [0.3, 0.4) is 0 Å². The first-order chi connectivity index (χ1) is 12.7. The van der Waals surface area contributed by atoms with Crippen LogP contribution in [0.1, 0.15) is 10.4 Å². The minimum absolute atomic E-state index is 0.127. The van der Waals surface area contributed by atoms with E-state index in [2.05, 4.69) is 15.6 Å². The van der Waals surface area contributed by atoms with Gasteiger partial charge in [0.1, 0.15) is 5.65 Å². The summed E-state index contributed by atoms with van der Waals surface area (Å²) in [5, 5.41) is 6.09. The van der Waals surface area contributed by atoms with Gasteiger partial charge in [0.2, 0.25) is 0 Å². The second-order valence-electron chi connectivity index (χ2n) is 5.94. The Morgan fingerprint density at radius 3 is 2.62 bits per heavy atom. The maximum atomic E-state index is 12.4. The summed E-state index contributed by atoms with van der Waals surface area (Å²) < 4.78 is 2.03. The lowest BCUT2D eigenvalue weighted by Gasteiger charge is -2.08. The van der Waals surface area contributed by atoms with Gasteiger partial charge in [-0.15, -0.1) is 0 Å². The molecule has 1 amide bonds. The Bertz CT molecular complexity index is 1070. The first kappa shape index (κ1) is 15.9. The van der Waals surface area contributed by atoms with Gasteiger partial charge in [-0.25, -0.2) is 4.98 Å². The van der Waals surface area contributed by atoms with Gasteiger partial charge in [0, 0.05) is 30.1 Å². The third-order valence-corrected chi connectivity index (χ3v) is 4.25. The van der Waals surface area contributed by atoms with Crippen molar-refractivity contribution in [2.24, 2.45) is 0 Å². The second kappa shape index (κ2) is 6.72. The molecule has 0 aliphatic carbocycles. The number of imidazole rings is 1. The van der Waals surface area contributed by atoms with E-state index in [1.54, 1.807) is 12.1 Å². The van der Waals surface area contributed by atoms with E-state index in [-0.39, 0.29) is 5.91 Å². The molecule has 0 fully saturated rings. The molecule has 0 aliphatic rings. The number of carbonyl (C=O) groups is 1. The Morgan fingerprint density at radius 2 is 1.81 bits per heavy atom. The molecule has 0 bridgehead atoms. The lowest BCUT2D eigenvalue weighted by atomic mass is 10.1. The molecule has 0 aliphatic heterocycles. The molecule has 4 rings (SSSR count). The summed E-state index contributed by atoms with van der Waals surface area (Å²) in [5.74, 6) is -0.127. The van der Waals surface area contributed by atoms with Crippen molar-refractivity contribution in [3.05, 3.63) is 84.7 Å². The molecule has 5 heteroatoms. The van der Waals surface area contributed by atoms with E-state index in [0.717, 1.165) is 28.3 Å². The van der Waals surface area contributed by atoms with Crippen LogP contribution >= 0.6 is 0 Å². The summed E-state index contributed by atoms with van der Waals surface area (Å²) in [6.45, 7) is 0. The van der Waals surface area contributed by atoms with Crippen LogP contribution in [0.5, 0.6) is 0 Å². The van der Waals surface area contributed by atoms with Gasteiger partial charge in [-0.2, -0.15) is 0 Å². The zero-order valence-electron chi connectivity index (χ0n) is 14.3. The summed E-state index contributed by atoms with van der Waals surface area (Å²) in [6.07, 6.45) is 3.85. The van der Waals surface area contributed by atoms with E-state index in [0.29, 0.717) is 5.56 Å². The zero-order chi connectivity index (χ0) is 17.9. The average Bonchev–Trinajstić information content (AvgIpc) is 3.12. The standard InChI is InChI=1S/C21H18N4O/c1-22-18-10-11-20-23-13-19(25(20)14-18)16-8-5-9-17(12-16)24-21(26)15-6-3-2-4-7-15/h2-14,22H,1H3,(H,24,26). The maximum Gasteiger partial charge on any atom is 0.255 e. The molecular formula is C21H18N4O. The van der Waals surface area contributed by atoms with E-state index >= 15 is 0 Å². The predicted octanol–water partition coefficient (Wildman–Crippen LogP) is 4.30. The fourth-order valence-corrected chi connectivity index (χ4v) is 2.89. The summed E-state index contributed by atoms with van der Waals surface area (Å²) in [4.78, 5) is 16.8. The normalized spacial score (nSPS) is 10.7. The SMILES string of the molecule is CNc1ccc2ncc(-c3cccc(NC(=O)c4ccccc4)c3)n2c1. The highest BCUT2D eigenvalue weighted by Gasteiger charge is 2.09. The molecule has 2 heterocycles. The number of fused-ring (bicyclic) bond motifs is 1. The van der Waals surface area contributed by atoms with Crippen LogP contribution in [0.4, 0.5) is 11.4 Å². The highest BCUT2D eigenvalue weighted by Crippen LogP contribution is 2.25. The Balaban J connectivity index is 1.67. The van der Waals surface area contributed by atoms with Gasteiger partial charge in [-0.05, 0) is 36.4 Å². The highest BCUT2D eigenvalue weighted by molar-refractivity contribution is 6.04. The number of amides is 1. The largest absolute Gasteiger partial charge is 0.387 e. The van der Waals surface area contributed by atoms with Crippen LogP contribution in [-0.4, -0.2) is 22.3 Å². The van der Waals surface area contributed by atoms with Crippen molar-refractivity contribution in [3.63, 3.8) is 0 Å². The third-order valence-electron chi connectivity index (χ3n) is 4.25. The minimum Gasteiger partial charge on any atom is -0.387 e. The summed E-state index contributed by atoms with van der Waals surface area (Å²) >= 11 is 0. The van der Waals surface area contributed by atoms with Gasteiger partial charge in [0.15, 0.2) is 0 Å². The average molecular weight is 342 g/mol. The van der Waals surface area contributed by atoms with Crippen LogP contribution in [0.25, 0.3) is 16.9 Å². The molecule has 26 heavy (non-hydrogen) atoms. The first-order valence-corrected chi connectivity index (χ1v) is 8.36. The van der Waals surface area contributed by atoms with Crippen molar-refractivity contribution < 1.29 is 4.79 Å². The number of rotatable bonds is 4. The molecule has 0 radical (unpaired) electrons. The molecule has 0 saturated carbocycles. The fourth-order valence-electron chi connectivity index (χ4n) is 2.89. The van der Waals surface area contributed by atoms with Crippen molar-refractivity contribution in [2.75, 3.05) is 17.7 Å². The van der Waals surface area contributed by atoms with Gasteiger partial charge >= 0.3 is 0 Å². The van der Waals surface area contributed by atoms with Crippen LogP contribution in [-0.2, 0) is 0 Å². The molecule has 4 aromatic rings. The Hall–Kier alpha value is -3.60. The van der Waals surface area contributed by atoms with Crippen molar-refractivity contribution in [1.82, 2.24) is 9.38 Å². The molecular weight excluding hydrogens is 324 g/mol. The van der Waals surface area contributed by atoms with Crippen LogP contribution in [0.2, 0.25) is 0 Å². The second-order valence-corrected chi connectivity index (χ2v) is 5.94. The zero-order valence-corrected chi connectivity index (χ0v) is 14.3. The van der Waals surface area contributed by atoms with Gasteiger partial charge in [0.25, 0.3) is 5.91 Å². The number of hydrogen-bond donors (Lipinski definition) is 2. The molecule has 2 N–H and O–H groups in total. The number of nitrogens with one attached hydrogen (secondary N) is 2. The van der Waals surface area contributed by atoms with Gasteiger partial charge < -0.3 is 10.6 Å². The topological polar surface area (TPSA) is 58.4 Å². The maximum absolute atomic E-state index is 12.4. The molecule has 0 atom stereocenters. The molecule has 2 aromatic carbocycles. The van der Waals surface area contributed by atoms with Gasteiger partial charge in [0.05, 0.1) is 17.6 Å². The molecule has 128 valence electrons. The highest BCUT2D eigenvalue weighted by atomic mass is 16.1. The van der Waals surface area contributed by atoms with Crippen molar-refractivity contribution in [2.45, 2.75) is 0 Å². The first-order valence-electron chi connectivity index (χ1n) is 8.36. The van der Waals surface area contributed by atoms with E-state index < -0.39 is 0 Å². The minimum atomic E-state index is -0.127. The molecule has 0 saturated heterocycles. The molecule has 0 spiro atoms. The van der Waals surface area contributed by atoms with Crippen molar-refractivity contribution >= 4 is 22.9 Å². The number of hydrogen-bond acceptors (Lipinski definition) is 3. The Labute approximate surface area is 151 Å². The van der Waals surface area contributed by atoms with Crippen LogP contribution in [0.15, 0.2) is 79.1 Å². The lowest BCUT2D eigenvalue weighted by molar-refractivity contribution is 0.102. The number of pyridine rings is 1. The fraction of sp³-hybridized carbons (Fsp3) is 0.0476. The number of nitrogens with zero attached hydrogens (tertiary/aromatic N) is 2. The quantitative estimate of drug-likeness (QED) is 0.581. The third kappa shape index (κ3) is 3.02. The summed E-state index contributed by atoms with van der Waals surface area (Å²) in [5.41, 5.74) is 5.20. The summed E-state index contributed by atoms with van der Waals surface area (Å²) in [7, 11) is 1.89. The van der Waals surface area contributed by atoms with Crippen LogP contribution in [0, 0.1) is 0 Å². The number of anilines is 2. The lowest BCUT2D eigenvalue weighted by Crippen LogP contribution is -2.11. The van der Waals surface area contributed by atoms with E-state index in [4.69, 9.17) is 0 Å².